The molecule has 0 fully saturated rings. The second-order valence-electron chi connectivity index (χ2n) is 5.78. The molecule has 0 saturated carbocycles. The Balaban J connectivity index is 2.00. The van der Waals surface area contributed by atoms with Crippen LogP contribution >= 0.6 is 11.3 Å². The quantitative estimate of drug-likeness (QED) is 0.745. The smallest absolute Gasteiger partial charge is 0.140 e. The van der Waals surface area contributed by atoms with Gasteiger partial charge in [0.15, 0.2) is 0 Å². The normalized spacial score (nSPS) is 12.5. The highest BCUT2D eigenvalue weighted by Crippen LogP contribution is 2.36. The van der Waals surface area contributed by atoms with Crippen molar-refractivity contribution in [2.75, 3.05) is 32.2 Å². The Morgan fingerprint density at radius 3 is 2.71 bits per heavy atom. The molecule has 24 heavy (non-hydrogen) atoms. The van der Waals surface area contributed by atoms with Crippen LogP contribution in [0, 0.1) is 6.92 Å². The van der Waals surface area contributed by atoms with Crippen LogP contribution in [0.3, 0.4) is 0 Å². The average Bonchev–Trinajstić information content (AvgIpc) is 2.98. The van der Waals surface area contributed by atoms with Crippen molar-refractivity contribution in [2.45, 2.75) is 13.0 Å². The fourth-order valence-electron chi connectivity index (χ4n) is 2.69. The number of benzene rings is 1. The molecule has 3 rings (SSSR count). The van der Waals surface area contributed by atoms with Gasteiger partial charge in [-0.3, -0.25) is 0 Å². The second kappa shape index (κ2) is 7.25. The summed E-state index contributed by atoms with van der Waals surface area (Å²) < 4.78 is 5.01. The number of hydrogen-bond donors (Lipinski definition) is 1. The van der Waals surface area contributed by atoms with Crippen LogP contribution in [-0.4, -0.2) is 48.5 Å². The van der Waals surface area contributed by atoms with Crippen LogP contribution in [0.1, 0.15) is 5.82 Å². The molecule has 0 spiro atoms. The molecule has 2 aromatic heterocycles. The number of aromatic nitrogens is 2. The molecule has 3 aromatic rings. The van der Waals surface area contributed by atoms with Crippen LogP contribution in [0.4, 0.5) is 5.82 Å². The van der Waals surface area contributed by atoms with Crippen LogP contribution in [0.2, 0.25) is 0 Å². The molecule has 0 aliphatic rings. The van der Waals surface area contributed by atoms with Crippen molar-refractivity contribution >= 4 is 27.4 Å². The first-order valence-electron chi connectivity index (χ1n) is 7.80. The van der Waals surface area contributed by atoms with E-state index < -0.39 is 6.10 Å². The van der Waals surface area contributed by atoms with E-state index in [0.29, 0.717) is 13.2 Å². The number of likely N-dealkylation sites (N-methyl/N-ethyl adjacent to an activating group) is 1. The third-order valence-electron chi connectivity index (χ3n) is 3.75. The van der Waals surface area contributed by atoms with E-state index >= 15 is 0 Å². The zero-order chi connectivity index (χ0) is 17.1. The summed E-state index contributed by atoms with van der Waals surface area (Å²) >= 11 is 1.66. The molecule has 0 amide bonds. The highest BCUT2D eigenvalue weighted by atomic mass is 32.1. The van der Waals surface area contributed by atoms with Crippen molar-refractivity contribution in [3.8, 4) is 10.4 Å². The van der Waals surface area contributed by atoms with Gasteiger partial charge < -0.3 is 14.7 Å². The number of hydrogen-bond acceptors (Lipinski definition) is 6. The van der Waals surface area contributed by atoms with Crippen molar-refractivity contribution in [3.05, 3.63) is 42.2 Å². The summed E-state index contributed by atoms with van der Waals surface area (Å²) in [6, 6.07) is 12.4. The van der Waals surface area contributed by atoms with Gasteiger partial charge in [0, 0.05) is 25.6 Å². The molecule has 0 radical (unpaired) electrons. The lowest BCUT2D eigenvalue weighted by molar-refractivity contribution is 0.0694. The van der Waals surface area contributed by atoms with Gasteiger partial charge in [0.1, 0.15) is 16.5 Å². The number of aliphatic hydroxyl groups excluding tert-OH is 1. The Kier molecular flexibility index (Phi) is 5.08. The molecule has 5 nitrogen and oxygen atoms in total. The zero-order valence-electron chi connectivity index (χ0n) is 14.1. The Morgan fingerprint density at radius 1 is 1.25 bits per heavy atom. The van der Waals surface area contributed by atoms with Crippen molar-refractivity contribution < 1.29 is 9.84 Å². The van der Waals surface area contributed by atoms with Gasteiger partial charge in [0.05, 0.1) is 18.1 Å². The van der Waals surface area contributed by atoms with E-state index in [2.05, 4.69) is 28.2 Å². The summed E-state index contributed by atoms with van der Waals surface area (Å²) in [5.74, 6) is 1.57. The number of rotatable bonds is 6. The van der Waals surface area contributed by atoms with Gasteiger partial charge in [-0.05, 0) is 18.6 Å². The molecular formula is C18H21N3O2S. The molecule has 1 atom stereocenters. The van der Waals surface area contributed by atoms with Gasteiger partial charge in [-0.15, -0.1) is 11.3 Å². The molecule has 1 aromatic carbocycles. The van der Waals surface area contributed by atoms with E-state index in [1.807, 2.05) is 37.1 Å². The maximum absolute atomic E-state index is 10.00. The Labute approximate surface area is 145 Å². The van der Waals surface area contributed by atoms with Gasteiger partial charge in [-0.25, -0.2) is 9.97 Å². The number of aliphatic hydroxyl groups is 1. The van der Waals surface area contributed by atoms with Crippen LogP contribution < -0.4 is 4.90 Å². The molecular weight excluding hydrogens is 322 g/mol. The standard InChI is InChI=1S/C18H21N3O2S/c1-12-19-17(21(2)10-14(22)11-23-3)15-9-16(24-18(15)20-12)13-7-5-4-6-8-13/h4-9,14,22H,10-11H2,1-3H3/t14-/m1/s1. The summed E-state index contributed by atoms with van der Waals surface area (Å²) in [6.07, 6.45) is -0.558. The maximum Gasteiger partial charge on any atom is 0.140 e. The Morgan fingerprint density at radius 2 is 2.00 bits per heavy atom. The molecule has 6 heteroatoms. The minimum Gasteiger partial charge on any atom is -0.389 e. The highest BCUT2D eigenvalue weighted by Gasteiger charge is 2.16. The van der Waals surface area contributed by atoms with Crippen molar-refractivity contribution in [1.29, 1.82) is 0 Å². The molecule has 0 unspecified atom stereocenters. The Bertz CT molecular complexity index is 820. The first-order valence-corrected chi connectivity index (χ1v) is 8.62. The topological polar surface area (TPSA) is 58.5 Å². The van der Waals surface area contributed by atoms with Crippen molar-refractivity contribution in [1.82, 2.24) is 9.97 Å². The van der Waals surface area contributed by atoms with Crippen LogP contribution in [0.5, 0.6) is 0 Å². The fraction of sp³-hybridized carbons (Fsp3) is 0.333. The molecule has 1 N–H and O–H groups in total. The SMILES string of the molecule is COC[C@H](O)CN(C)c1nc(C)nc2sc(-c3ccccc3)cc12. The third-order valence-corrected chi connectivity index (χ3v) is 4.83. The third kappa shape index (κ3) is 3.56. The minimum atomic E-state index is -0.558. The molecule has 0 aliphatic heterocycles. The molecule has 0 bridgehead atoms. The van der Waals surface area contributed by atoms with E-state index in [4.69, 9.17) is 4.74 Å². The van der Waals surface area contributed by atoms with Crippen molar-refractivity contribution in [2.24, 2.45) is 0 Å². The average molecular weight is 343 g/mol. The van der Waals surface area contributed by atoms with E-state index in [1.54, 1.807) is 18.4 Å². The summed E-state index contributed by atoms with van der Waals surface area (Å²) in [5.41, 5.74) is 1.17. The number of thiophene rings is 1. The van der Waals surface area contributed by atoms with Gasteiger partial charge in [0.2, 0.25) is 0 Å². The first kappa shape index (κ1) is 16.8. The summed E-state index contributed by atoms with van der Waals surface area (Å²) in [4.78, 5) is 13.3. The predicted molar refractivity (Wildman–Crippen MR) is 98.7 cm³/mol. The second-order valence-corrected chi connectivity index (χ2v) is 6.81. The van der Waals surface area contributed by atoms with Crippen LogP contribution in [0.25, 0.3) is 20.7 Å². The lowest BCUT2D eigenvalue weighted by Gasteiger charge is -2.22. The van der Waals surface area contributed by atoms with Gasteiger partial charge in [0.25, 0.3) is 0 Å². The first-order chi connectivity index (χ1) is 11.6. The number of anilines is 1. The Hall–Kier alpha value is -2.02. The largest absolute Gasteiger partial charge is 0.389 e. The molecule has 0 saturated heterocycles. The summed E-state index contributed by atoms with van der Waals surface area (Å²) in [7, 11) is 3.52. The van der Waals surface area contributed by atoms with Gasteiger partial charge >= 0.3 is 0 Å². The number of fused-ring (bicyclic) bond motifs is 1. The fourth-order valence-corrected chi connectivity index (χ4v) is 3.77. The lowest BCUT2D eigenvalue weighted by Crippen LogP contribution is -2.32. The minimum absolute atomic E-state index is 0.302. The number of aryl methyl sites for hydroxylation is 1. The summed E-state index contributed by atoms with van der Waals surface area (Å²) in [5, 5.41) is 11.0. The molecule has 2 heterocycles. The molecule has 0 aliphatic carbocycles. The number of methoxy groups -OCH3 is 1. The molecule has 126 valence electrons. The zero-order valence-corrected chi connectivity index (χ0v) is 14.9. The lowest BCUT2D eigenvalue weighted by atomic mass is 10.2. The number of nitrogens with zero attached hydrogens (tertiary/aromatic N) is 3. The van der Waals surface area contributed by atoms with Crippen LogP contribution in [-0.2, 0) is 4.74 Å². The maximum atomic E-state index is 10.00. The van der Waals surface area contributed by atoms with Crippen molar-refractivity contribution in [3.63, 3.8) is 0 Å². The summed E-state index contributed by atoms with van der Waals surface area (Å²) in [6.45, 7) is 2.65. The van der Waals surface area contributed by atoms with E-state index in [-0.39, 0.29) is 0 Å². The van der Waals surface area contributed by atoms with E-state index in [9.17, 15) is 5.11 Å². The van der Waals surface area contributed by atoms with Gasteiger partial charge in [-0.1, -0.05) is 30.3 Å². The van der Waals surface area contributed by atoms with E-state index in [1.165, 1.54) is 5.56 Å². The monoisotopic (exact) mass is 343 g/mol. The van der Waals surface area contributed by atoms with Gasteiger partial charge in [-0.2, -0.15) is 0 Å². The van der Waals surface area contributed by atoms with Crippen LogP contribution in [0.15, 0.2) is 36.4 Å². The predicted octanol–water partition coefficient (Wildman–Crippen LogP) is 3.11. The number of ether oxygens (including phenoxy) is 1. The highest BCUT2D eigenvalue weighted by molar-refractivity contribution is 7.21. The van der Waals surface area contributed by atoms with E-state index in [0.717, 1.165) is 26.7 Å².